The van der Waals surface area contributed by atoms with Crippen LogP contribution in [0.5, 0.6) is 5.75 Å². The van der Waals surface area contributed by atoms with Crippen molar-refractivity contribution in [3.05, 3.63) is 48.0 Å². The molecule has 0 unspecified atom stereocenters. The normalized spacial score (nSPS) is 22.8. The Hall–Kier alpha value is -2.76. The third-order valence-electron chi connectivity index (χ3n) is 5.88. The Kier molecular flexibility index (Phi) is 8.45. The summed E-state index contributed by atoms with van der Waals surface area (Å²) in [6.07, 6.45) is 5.99. The van der Waals surface area contributed by atoms with Crippen molar-refractivity contribution in [2.75, 3.05) is 44.8 Å². The number of hydrogen-bond donors (Lipinski definition) is 1. The molecule has 1 amide bonds. The molecule has 0 saturated carbocycles. The van der Waals surface area contributed by atoms with E-state index in [1.807, 2.05) is 0 Å². The van der Waals surface area contributed by atoms with Crippen LogP contribution in [0.2, 0.25) is 0 Å². The van der Waals surface area contributed by atoms with Gasteiger partial charge in [-0.3, -0.25) is 14.4 Å². The second-order valence-electron chi connectivity index (χ2n) is 8.86. The van der Waals surface area contributed by atoms with Gasteiger partial charge in [0.25, 0.3) is 5.91 Å². The van der Waals surface area contributed by atoms with Crippen LogP contribution >= 0.6 is 0 Å². The standard InChI is InChI=1S/C23H33N5O5S/c1-16-11-28(12-18-9-24-15-25-10-18)17(2)14-33-21-8-19(26-34(5,30)31)6-7-20(21)23(29)27(3)13-22(16)32-4/h6-10,15-17,22,26H,11-14H2,1-5H3/t16-,17+,22-/m0/s1. The van der Waals surface area contributed by atoms with Crippen molar-refractivity contribution in [3.8, 4) is 5.75 Å². The highest BCUT2D eigenvalue weighted by molar-refractivity contribution is 7.92. The maximum absolute atomic E-state index is 13.2. The van der Waals surface area contributed by atoms with Gasteiger partial charge >= 0.3 is 0 Å². The molecule has 34 heavy (non-hydrogen) atoms. The lowest BCUT2D eigenvalue weighted by molar-refractivity contribution is 0.00918. The van der Waals surface area contributed by atoms with Crippen molar-refractivity contribution in [2.24, 2.45) is 5.92 Å². The maximum Gasteiger partial charge on any atom is 0.257 e. The van der Waals surface area contributed by atoms with Crippen LogP contribution in [-0.4, -0.2) is 86.3 Å². The van der Waals surface area contributed by atoms with E-state index in [0.29, 0.717) is 43.2 Å². The third-order valence-corrected chi connectivity index (χ3v) is 6.49. The van der Waals surface area contributed by atoms with Gasteiger partial charge in [-0.1, -0.05) is 6.92 Å². The summed E-state index contributed by atoms with van der Waals surface area (Å²) in [5.41, 5.74) is 1.67. The summed E-state index contributed by atoms with van der Waals surface area (Å²) in [5.74, 6) is 0.233. The predicted molar refractivity (Wildman–Crippen MR) is 129 cm³/mol. The van der Waals surface area contributed by atoms with Crippen LogP contribution in [0.1, 0.15) is 29.8 Å². The molecule has 1 aromatic heterocycles. The Morgan fingerprint density at radius 2 is 1.91 bits per heavy atom. The number of carbonyl (C=O) groups excluding carboxylic acids is 1. The zero-order valence-electron chi connectivity index (χ0n) is 20.3. The molecule has 2 heterocycles. The lowest BCUT2D eigenvalue weighted by Gasteiger charge is -2.36. The van der Waals surface area contributed by atoms with Crippen LogP contribution in [0.15, 0.2) is 36.9 Å². The molecule has 0 spiro atoms. The zero-order chi connectivity index (χ0) is 24.9. The van der Waals surface area contributed by atoms with E-state index >= 15 is 0 Å². The molecule has 2 aromatic rings. The van der Waals surface area contributed by atoms with Gasteiger partial charge in [0, 0.05) is 63.9 Å². The molecule has 0 fully saturated rings. The minimum absolute atomic E-state index is 0.0215. The number of rotatable bonds is 5. The minimum atomic E-state index is -3.48. The van der Waals surface area contributed by atoms with Crippen LogP contribution in [-0.2, 0) is 21.3 Å². The van der Waals surface area contributed by atoms with E-state index in [9.17, 15) is 13.2 Å². The van der Waals surface area contributed by atoms with Gasteiger partial charge in [-0.25, -0.2) is 18.4 Å². The van der Waals surface area contributed by atoms with E-state index in [2.05, 4.69) is 33.4 Å². The minimum Gasteiger partial charge on any atom is -0.491 e. The Bertz CT molecular complexity index is 1080. The average molecular weight is 492 g/mol. The highest BCUT2D eigenvalue weighted by Crippen LogP contribution is 2.27. The number of methoxy groups -OCH3 is 1. The lowest BCUT2D eigenvalue weighted by atomic mass is 10.0. The average Bonchev–Trinajstić information content (AvgIpc) is 2.79. The fourth-order valence-electron chi connectivity index (χ4n) is 3.99. The molecule has 1 aliphatic rings. The fourth-order valence-corrected chi connectivity index (χ4v) is 4.55. The molecule has 3 rings (SSSR count). The Morgan fingerprint density at radius 3 is 2.56 bits per heavy atom. The molecule has 0 saturated heterocycles. The molecule has 1 aliphatic heterocycles. The monoisotopic (exact) mass is 491 g/mol. The molecule has 186 valence electrons. The van der Waals surface area contributed by atoms with Crippen LogP contribution in [0, 0.1) is 5.92 Å². The first-order chi connectivity index (χ1) is 16.1. The lowest BCUT2D eigenvalue weighted by Crippen LogP contribution is -2.46. The first kappa shape index (κ1) is 25.9. The van der Waals surface area contributed by atoms with Gasteiger partial charge in [0.2, 0.25) is 10.0 Å². The summed E-state index contributed by atoms with van der Waals surface area (Å²) in [5, 5.41) is 0. The summed E-state index contributed by atoms with van der Waals surface area (Å²) >= 11 is 0. The number of nitrogens with zero attached hydrogens (tertiary/aromatic N) is 4. The van der Waals surface area contributed by atoms with E-state index in [0.717, 1.165) is 11.8 Å². The number of carbonyl (C=O) groups is 1. The summed E-state index contributed by atoms with van der Waals surface area (Å²) in [4.78, 5) is 25.4. The van der Waals surface area contributed by atoms with Crippen molar-refractivity contribution >= 4 is 21.6 Å². The highest BCUT2D eigenvalue weighted by Gasteiger charge is 2.28. The van der Waals surface area contributed by atoms with Gasteiger partial charge in [0.15, 0.2) is 0 Å². The maximum atomic E-state index is 13.2. The number of likely N-dealkylation sites (N-methyl/N-ethyl adjacent to an activating group) is 1. The van der Waals surface area contributed by atoms with E-state index in [4.69, 9.17) is 9.47 Å². The van der Waals surface area contributed by atoms with Crippen molar-refractivity contribution in [3.63, 3.8) is 0 Å². The van der Waals surface area contributed by atoms with Gasteiger partial charge in [0.05, 0.1) is 23.6 Å². The third kappa shape index (κ3) is 6.87. The first-order valence-corrected chi connectivity index (χ1v) is 13.0. The summed E-state index contributed by atoms with van der Waals surface area (Å²) in [6, 6.07) is 4.67. The number of ether oxygens (including phenoxy) is 2. The van der Waals surface area contributed by atoms with E-state index < -0.39 is 10.0 Å². The van der Waals surface area contributed by atoms with Gasteiger partial charge in [-0.15, -0.1) is 0 Å². The Balaban J connectivity index is 1.96. The summed E-state index contributed by atoms with van der Waals surface area (Å²) in [6.45, 7) is 6.19. The Labute approximate surface area is 201 Å². The van der Waals surface area contributed by atoms with Crippen molar-refractivity contribution in [2.45, 2.75) is 32.5 Å². The molecule has 0 radical (unpaired) electrons. The SMILES string of the molecule is CO[C@H]1CN(C)C(=O)c2ccc(NS(C)(=O)=O)cc2OC[C@@H](C)N(Cc2cncnc2)C[C@@H]1C. The topological polar surface area (TPSA) is 114 Å². The van der Waals surface area contributed by atoms with Crippen LogP contribution < -0.4 is 9.46 Å². The molecule has 1 N–H and O–H groups in total. The second kappa shape index (κ2) is 11.1. The molecule has 11 heteroatoms. The van der Waals surface area contributed by atoms with Crippen LogP contribution in [0.25, 0.3) is 0 Å². The van der Waals surface area contributed by atoms with Gasteiger partial charge in [-0.05, 0) is 25.0 Å². The van der Waals surface area contributed by atoms with Crippen molar-refractivity contribution < 1.29 is 22.7 Å². The number of hydrogen-bond acceptors (Lipinski definition) is 8. The van der Waals surface area contributed by atoms with Crippen molar-refractivity contribution in [1.29, 1.82) is 0 Å². The summed E-state index contributed by atoms with van der Waals surface area (Å²) < 4.78 is 37.7. The fraction of sp³-hybridized carbons (Fsp3) is 0.522. The zero-order valence-corrected chi connectivity index (χ0v) is 21.1. The number of fused-ring (bicyclic) bond motifs is 1. The predicted octanol–water partition coefficient (Wildman–Crippen LogP) is 1.85. The smallest absolute Gasteiger partial charge is 0.257 e. The van der Waals surface area contributed by atoms with Crippen LogP contribution in [0.4, 0.5) is 5.69 Å². The molecule has 0 aliphatic carbocycles. The molecule has 3 atom stereocenters. The van der Waals surface area contributed by atoms with Gasteiger partial charge in [-0.2, -0.15) is 0 Å². The van der Waals surface area contributed by atoms with Crippen molar-refractivity contribution in [1.82, 2.24) is 19.8 Å². The van der Waals surface area contributed by atoms with Gasteiger partial charge in [0.1, 0.15) is 18.7 Å². The van der Waals surface area contributed by atoms with E-state index in [1.54, 1.807) is 49.7 Å². The number of aromatic nitrogens is 2. The first-order valence-electron chi connectivity index (χ1n) is 11.1. The summed E-state index contributed by atoms with van der Waals surface area (Å²) in [7, 11) is -0.0962. The van der Waals surface area contributed by atoms with E-state index in [-0.39, 0.29) is 24.0 Å². The quantitative estimate of drug-likeness (QED) is 0.674. The number of benzene rings is 1. The number of amides is 1. The molecule has 0 bridgehead atoms. The molecular weight excluding hydrogens is 458 g/mol. The number of nitrogens with one attached hydrogen (secondary N) is 1. The largest absolute Gasteiger partial charge is 0.491 e. The van der Waals surface area contributed by atoms with Crippen LogP contribution in [0.3, 0.4) is 0 Å². The highest BCUT2D eigenvalue weighted by atomic mass is 32.2. The number of anilines is 1. The van der Waals surface area contributed by atoms with E-state index in [1.165, 1.54) is 6.33 Å². The Morgan fingerprint density at radius 1 is 1.21 bits per heavy atom. The molecule has 10 nitrogen and oxygen atoms in total. The number of sulfonamides is 1. The van der Waals surface area contributed by atoms with Gasteiger partial charge < -0.3 is 14.4 Å². The second-order valence-corrected chi connectivity index (χ2v) is 10.6. The molecule has 1 aromatic carbocycles. The molecular formula is C23H33N5O5S.